The van der Waals surface area contributed by atoms with Crippen molar-refractivity contribution in [3.05, 3.63) is 65.7 Å². The molecule has 4 heteroatoms. The molecule has 1 atom stereocenters. The van der Waals surface area contributed by atoms with Crippen molar-refractivity contribution in [3.8, 4) is 0 Å². The van der Waals surface area contributed by atoms with Gasteiger partial charge in [0.25, 0.3) is 0 Å². The zero-order chi connectivity index (χ0) is 19.2. The van der Waals surface area contributed by atoms with Gasteiger partial charge in [-0.15, -0.1) is 0 Å². The van der Waals surface area contributed by atoms with Crippen molar-refractivity contribution in [1.82, 2.24) is 5.32 Å². The van der Waals surface area contributed by atoms with Crippen LogP contribution in [0.5, 0.6) is 0 Å². The summed E-state index contributed by atoms with van der Waals surface area (Å²) >= 11 is 0. The van der Waals surface area contributed by atoms with E-state index in [9.17, 15) is 9.59 Å². The predicted octanol–water partition coefficient (Wildman–Crippen LogP) is 4.17. The van der Waals surface area contributed by atoms with Crippen LogP contribution in [0, 0.1) is 11.3 Å². The van der Waals surface area contributed by atoms with E-state index in [-0.39, 0.29) is 17.7 Å². The molecular formula is C22H28N2O2. The fourth-order valence-corrected chi connectivity index (χ4v) is 2.45. The van der Waals surface area contributed by atoms with Gasteiger partial charge in [0.05, 0.1) is 0 Å². The first kappa shape index (κ1) is 19.7. The fraction of sp³-hybridized carbons (Fsp3) is 0.364. The average Bonchev–Trinajstić information content (AvgIpc) is 2.61. The fourth-order valence-electron chi connectivity index (χ4n) is 2.45. The maximum atomic E-state index is 12.3. The number of hydrogen-bond donors (Lipinski definition) is 2. The number of carbonyl (C=O) groups excluding carboxylic acids is 2. The molecule has 0 saturated carbocycles. The largest absolute Gasteiger partial charge is 0.352 e. The van der Waals surface area contributed by atoms with Crippen LogP contribution in [0.2, 0.25) is 0 Å². The lowest BCUT2D eigenvalue weighted by atomic mass is 9.95. The van der Waals surface area contributed by atoms with Gasteiger partial charge in [-0.25, -0.2) is 0 Å². The molecule has 2 aromatic carbocycles. The number of anilines is 1. The van der Waals surface area contributed by atoms with E-state index >= 15 is 0 Å². The maximum Gasteiger partial charge on any atom is 0.229 e. The Bertz CT molecular complexity index is 731. The van der Waals surface area contributed by atoms with Gasteiger partial charge >= 0.3 is 0 Å². The van der Waals surface area contributed by atoms with Crippen molar-refractivity contribution in [2.75, 3.05) is 5.32 Å². The van der Waals surface area contributed by atoms with Crippen molar-refractivity contribution >= 4 is 17.5 Å². The Balaban J connectivity index is 1.85. The van der Waals surface area contributed by atoms with Crippen LogP contribution in [0.4, 0.5) is 5.69 Å². The van der Waals surface area contributed by atoms with Crippen LogP contribution in [0.25, 0.3) is 0 Å². The number of hydrogen-bond acceptors (Lipinski definition) is 2. The van der Waals surface area contributed by atoms with Crippen molar-refractivity contribution in [2.24, 2.45) is 11.3 Å². The summed E-state index contributed by atoms with van der Waals surface area (Å²) in [6, 6.07) is 17.6. The molecule has 1 unspecified atom stereocenters. The molecule has 0 bridgehead atoms. The monoisotopic (exact) mass is 352 g/mol. The Labute approximate surface area is 156 Å². The molecule has 0 aliphatic heterocycles. The molecule has 0 aromatic heterocycles. The molecular weight excluding hydrogens is 324 g/mol. The molecule has 0 aliphatic carbocycles. The van der Waals surface area contributed by atoms with E-state index in [1.165, 1.54) is 0 Å². The zero-order valence-electron chi connectivity index (χ0n) is 16.0. The van der Waals surface area contributed by atoms with E-state index in [1.54, 1.807) is 0 Å². The Morgan fingerprint density at radius 3 is 2.12 bits per heavy atom. The van der Waals surface area contributed by atoms with Crippen LogP contribution in [-0.2, 0) is 22.6 Å². The van der Waals surface area contributed by atoms with Crippen LogP contribution >= 0.6 is 0 Å². The summed E-state index contributed by atoms with van der Waals surface area (Å²) < 4.78 is 0. The third-order valence-corrected chi connectivity index (χ3v) is 4.19. The summed E-state index contributed by atoms with van der Waals surface area (Å²) in [7, 11) is 0. The highest BCUT2D eigenvalue weighted by Crippen LogP contribution is 2.18. The molecule has 2 aromatic rings. The number of benzene rings is 2. The van der Waals surface area contributed by atoms with E-state index in [0.29, 0.717) is 13.0 Å². The third kappa shape index (κ3) is 6.03. The molecule has 2 N–H and O–H groups in total. The van der Waals surface area contributed by atoms with Gasteiger partial charge < -0.3 is 10.6 Å². The first-order valence-corrected chi connectivity index (χ1v) is 8.98. The van der Waals surface area contributed by atoms with Crippen molar-refractivity contribution < 1.29 is 9.59 Å². The summed E-state index contributed by atoms with van der Waals surface area (Å²) in [5.41, 5.74) is 2.51. The normalized spacial score (nSPS) is 12.3. The molecule has 138 valence electrons. The summed E-state index contributed by atoms with van der Waals surface area (Å²) in [4.78, 5) is 24.3. The van der Waals surface area contributed by atoms with Crippen LogP contribution in [0.3, 0.4) is 0 Å². The molecule has 0 radical (unpaired) electrons. The average molecular weight is 352 g/mol. The third-order valence-electron chi connectivity index (χ3n) is 4.19. The highest BCUT2D eigenvalue weighted by Gasteiger charge is 2.21. The number of amides is 2. The predicted molar refractivity (Wildman–Crippen MR) is 106 cm³/mol. The summed E-state index contributed by atoms with van der Waals surface area (Å²) in [5.74, 6) is -0.0911. The summed E-state index contributed by atoms with van der Waals surface area (Å²) in [5, 5.41) is 5.88. The maximum absolute atomic E-state index is 12.3. The minimum atomic E-state index is -0.427. The van der Waals surface area contributed by atoms with Gasteiger partial charge in [0.15, 0.2) is 0 Å². The number of nitrogens with one attached hydrogen (secondary N) is 2. The van der Waals surface area contributed by atoms with E-state index in [0.717, 1.165) is 16.8 Å². The number of carbonyl (C=O) groups is 2. The van der Waals surface area contributed by atoms with E-state index < -0.39 is 5.41 Å². The minimum absolute atomic E-state index is 0.0149. The highest BCUT2D eigenvalue weighted by molar-refractivity contribution is 5.94. The van der Waals surface area contributed by atoms with Gasteiger partial charge in [-0.3, -0.25) is 9.59 Å². The SMILES string of the molecule is CC(Cc1ccc(NC(=O)C(C)(C)C)cc1)C(=O)NCc1ccccc1. The summed E-state index contributed by atoms with van der Waals surface area (Å²) in [6.45, 7) is 8.11. The van der Waals surface area contributed by atoms with Gasteiger partial charge in [-0.05, 0) is 29.7 Å². The van der Waals surface area contributed by atoms with Gasteiger partial charge in [-0.1, -0.05) is 70.2 Å². The highest BCUT2D eigenvalue weighted by atomic mass is 16.2. The molecule has 0 aliphatic rings. The lowest BCUT2D eigenvalue weighted by Crippen LogP contribution is -2.29. The van der Waals surface area contributed by atoms with Gasteiger partial charge in [0.2, 0.25) is 11.8 Å². The molecule has 0 heterocycles. The van der Waals surface area contributed by atoms with E-state index in [1.807, 2.05) is 82.3 Å². The van der Waals surface area contributed by atoms with E-state index in [4.69, 9.17) is 0 Å². The van der Waals surface area contributed by atoms with Crippen LogP contribution in [-0.4, -0.2) is 11.8 Å². The Hall–Kier alpha value is -2.62. The molecule has 26 heavy (non-hydrogen) atoms. The van der Waals surface area contributed by atoms with Crippen molar-refractivity contribution in [3.63, 3.8) is 0 Å². The van der Waals surface area contributed by atoms with Crippen LogP contribution in [0.15, 0.2) is 54.6 Å². The molecule has 4 nitrogen and oxygen atoms in total. The molecule has 0 spiro atoms. The van der Waals surface area contributed by atoms with Gasteiger partial charge in [0, 0.05) is 23.6 Å². The molecule has 2 amide bonds. The molecule has 0 saturated heterocycles. The van der Waals surface area contributed by atoms with E-state index in [2.05, 4.69) is 10.6 Å². The Morgan fingerprint density at radius 1 is 0.923 bits per heavy atom. The minimum Gasteiger partial charge on any atom is -0.352 e. The second-order valence-corrected chi connectivity index (χ2v) is 7.71. The lowest BCUT2D eigenvalue weighted by molar-refractivity contribution is -0.124. The van der Waals surface area contributed by atoms with Crippen LogP contribution < -0.4 is 10.6 Å². The van der Waals surface area contributed by atoms with Crippen molar-refractivity contribution in [2.45, 2.75) is 40.7 Å². The Morgan fingerprint density at radius 2 is 1.54 bits per heavy atom. The zero-order valence-corrected chi connectivity index (χ0v) is 16.0. The summed E-state index contributed by atoms with van der Waals surface area (Å²) in [6.07, 6.45) is 0.661. The first-order valence-electron chi connectivity index (χ1n) is 8.98. The van der Waals surface area contributed by atoms with Crippen LogP contribution in [0.1, 0.15) is 38.8 Å². The van der Waals surface area contributed by atoms with Gasteiger partial charge in [0.1, 0.15) is 0 Å². The lowest BCUT2D eigenvalue weighted by Gasteiger charge is -2.18. The number of rotatable bonds is 6. The standard InChI is InChI=1S/C22H28N2O2/c1-16(20(25)23-15-18-8-6-5-7-9-18)14-17-10-12-19(13-11-17)24-21(26)22(2,3)4/h5-13,16H,14-15H2,1-4H3,(H,23,25)(H,24,26). The first-order chi connectivity index (χ1) is 12.3. The Kier molecular flexibility index (Phi) is 6.56. The van der Waals surface area contributed by atoms with Crippen molar-refractivity contribution in [1.29, 1.82) is 0 Å². The topological polar surface area (TPSA) is 58.2 Å². The molecule has 0 fully saturated rings. The quantitative estimate of drug-likeness (QED) is 0.820. The van der Waals surface area contributed by atoms with Gasteiger partial charge in [-0.2, -0.15) is 0 Å². The molecule has 2 rings (SSSR count). The second kappa shape index (κ2) is 8.65. The second-order valence-electron chi connectivity index (χ2n) is 7.71. The smallest absolute Gasteiger partial charge is 0.229 e.